The fourth-order valence-corrected chi connectivity index (χ4v) is 9.33. The molecule has 0 aromatic carbocycles. The molecule has 5 heteroatoms. The van der Waals surface area contributed by atoms with Crippen molar-refractivity contribution in [1.82, 2.24) is 0 Å². The molecule has 0 bridgehead atoms. The second kappa shape index (κ2) is 9.10. The predicted molar refractivity (Wildman–Crippen MR) is 132 cm³/mol. The minimum Gasteiger partial charge on any atom is -0.460 e. The first kappa shape index (κ1) is 24.9. The molecule has 4 aliphatic rings. The van der Waals surface area contributed by atoms with Gasteiger partial charge in [0, 0.05) is 17.4 Å². The van der Waals surface area contributed by atoms with Gasteiger partial charge < -0.3 is 4.74 Å². The number of carbonyl (C=O) groups excluding carboxylic acids is 1. The summed E-state index contributed by atoms with van der Waals surface area (Å²) in [5.41, 5.74) is 9.39. The van der Waals surface area contributed by atoms with Crippen LogP contribution >= 0.6 is 0 Å². The number of nitrogens with zero attached hydrogens (tertiary/aromatic N) is 3. The van der Waals surface area contributed by atoms with E-state index in [1.807, 2.05) is 20.8 Å². The molecule has 4 fully saturated rings. The average Bonchev–Trinajstić information content (AvgIpc) is 3.08. The maximum atomic E-state index is 12.3. The van der Waals surface area contributed by atoms with Crippen LogP contribution in [0.15, 0.2) is 5.11 Å². The van der Waals surface area contributed by atoms with E-state index in [1.54, 1.807) is 0 Å². The minimum absolute atomic E-state index is 0.0414. The van der Waals surface area contributed by atoms with E-state index in [9.17, 15) is 4.79 Å². The van der Waals surface area contributed by atoms with Crippen molar-refractivity contribution in [1.29, 1.82) is 0 Å². The zero-order chi connectivity index (χ0) is 24.0. The van der Waals surface area contributed by atoms with E-state index in [1.165, 1.54) is 44.9 Å². The summed E-state index contributed by atoms with van der Waals surface area (Å²) in [5.74, 6) is 4.56. The number of fused-ring (bicyclic) bond motifs is 5. The monoisotopic (exact) mass is 457 g/mol. The van der Waals surface area contributed by atoms with E-state index >= 15 is 0 Å². The summed E-state index contributed by atoms with van der Waals surface area (Å²) in [5, 5.41) is 4.10. The molecule has 0 N–H and O–H groups in total. The minimum atomic E-state index is -0.391. The van der Waals surface area contributed by atoms with Crippen molar-refractivity contribution in [3.8, 4) is 0 Å². The second-order valence-electron chi connectivity index (χ2n) is 13.6. The van der Waals surface area contributed by atoms with Crippen LogP contribution in [-0.2, 0) is 9.53 Å². The van der Waals surface area contributed by atoms with Gasteiger partial charge in [0.2, 0.25) is 0 Å². The highest BCUT2D eigenvalue weighted by atomic mass is 16.6. The van der Waals surface area contributed by atoms with Crippen molar-refractivity contribution in [3.05, 3.63) is 10.4 Å². The lowest BCUT2D eigenvalue weighted by molar-refractivity contribution is -0.155. The van der Waals surface area contributed by atoms with Crippen molar-refractivity contribution in [2.45, 2.75) is 124 Å². The SMILES string of the molecule is C[C@H](CCC(=O)OC(C)(C)C)C1CC[C@H]2[C@@H]3CC[C@@H]4CC(N=[N+]=[N-])CC[C@]4(C)[C@H]3CC[C@]12C. The fourth-order valence-electron chi connectivity index (χ4n) is 9.33. The first-order valence-electron chi connectivity index (χ1n) is 13.7. The number of carbonyl (C=O) groups is 1. The van der Waals surface area contributed by atoms with Gasteiger partial charge >= 0.3 is 5.97 Å². The van der Waals surface area contributed by atoms with Crippen LogP contribution in [0.4, 0.5) is 0 Å². The summed E-state index contributed by atoms with van der Waals surface area (Å²) >= 11 is 0. The number of esters is 1. The van der Waals surface area contributed by atoms with Gasteiger partial charge in [-0.1, -0.05) is 25.9 Å². The molecule has 0 amide bonds. The van der Waals surface area contributed by atoms with Crippen LogP contribution in [0.1, 0.15) is 112 Å². The largest absolute Gasteiger partial charge is 0.460 e. The molecule has 0 spiro atoms. The zero-order valence-electron chi connectivity index (χ0n) is 22.0. The Labute approximate surface area is 201 Å². The number of ether oxygens (including phenoxy) is 1. The Morgan fingerprint density at radius 1 is 1.06 bits per heavy atom. The highest BCUT2D eigenvalue weighted by Gasteiger charge is 2.60. The van der Waals surface area contributed by atoms with Crippen LogP contribution in [0, 0.1) is 46.3 Å². The summed E-state index contributed by atoms with van der Waals surface area (Å²) in [4.78, 5) is 15.4. The first-order chi connectivity index (χ1) is 15.5. The van der Waals surface area contributed by atoms with E-state index in [2.05, 4.69) is 30.8 Å². The standard InChI is InChI=1S/C28H47N3O2/c1-18(7-12-25(32)33-26(2,3)4)22-10-11-23-21-9-8-19-17-20(30-31-29)13-15-27(19,5)24(21)14-16-28(22,23)6/h18-24H,7-17H2,1-6H3/t18-,19-,20?,21+,22?,23+,24+,27+,28-/m1/s1. The first-order valence-corrected chi connectivity index (χ1v) is 13.7. The highest BCUT2D eigenvalue weighted by molar-refractivity contribution is 5.69. The molecule has 0 saturated heterocycles. The molecule has 4 saturated carbocycles. The van der Waals surface area contributed by atoms with E-state index in [0.29, 0.717) is 23.2 Å². The molecule has 4 rings (SSSR count). The lowest BCUT2D eigenvalue weighted by Crippen LogP contribution is -2.54. The van der Waals surface area contributed by atoms with Gasteiger partial charge in [-0.15, -0.1) is 0 Å². The Hall–Kier alpha value is -1.22. The number of hydrogen-bond acceptors (Lipinski definition) is 3. The van der Waals surface area contributed by atoms with Crippen molar-refractivity contribution in [2.75, 3.05) is 0 Å². The van der Waals surface area contributed by atoms with Crippen molar-refractivity contribution < 1.29 is 9.53 Å². The normalized spacial score (nSPS) is 43.5. The van der Waals surface area contributed by atoms with Crippen molar-refractivity contribution in [2.24, 2.45) is 51.5 Å². The fraction of sp³-hybridized carbons (Fsp3) is 0.964. The van der Waals surface area contributed by atoms with Crippen LogP contribution in [0.5, 0.6) is 0 Å². The van der Waals surface area contributed by atoms with Gasteiger partial charge in [-0.25, -0.2) is 0 Å². The van der Waals surface area contributed by atoms with Gasteiger partial charge in [0.15, 0.2) is 0 Å². The summed E-state index contributed by atoms with van der Waals surface area (Å²) < 4.78 is 5.57. The molecule has 0 radical (unpaired) electrons. The molecule has 186 valence electrons. The highest BCUT2D eigenvalue weighted by Crippen LogP contribution is 2.68. The molecular formula is C28H47N3O2. The third-order valence-corrected chi connectivity index (χ3v) is 10.8. The Kier molecular flexibility index (Phi) is 6.86. The molecule has 4 aliphatic carbocycles. The maximum Gasteiger partial charge on any atom is 0.306 e. The number of hydrogen-bond donors (Lipinski definition) is 0. The number of azide groups is 1. The number of rotatable bonds is 5. The molecule has 2 unspecified atom stereocenters. The van der Waals surface area contributed by atoms with E-state index in [4.69, 9.17) is 10.3 Å². The lowest BCUT2D eigenvalue weighted by atomic mass is 9.44. The van der Waals surface area contributed by atoms with Gasteiger partial charge in [-0.3, -0.25) is 4.79 Å². The smallest absolute Gasteiger partial charge is 0.306 e. The Balaban J connectivity index is 1.41. The second-order valence-corrected chi connectivity index (χ2v) is 13.6. The van der Waals surface area contributed by atoms with Crippen molar-refractivity contribution in [3.63, 3.8) is 0 Å². The molecule has 0 heterocycles. The van der Waals surface area contributed by atoms with Crippen molar-refractivity contribution >= 4 is 5.97 Å². The molecule has 33 heavy (non-hydrogen) atoms. The summed E-state index contributed by atoms with van der Waals surface area (Å²) in [7, 11) is 0. The van der Waals surface area contributed by atoms with Gasteiger partial charge in [0.25, 0.3) is 0 Å². The lowest BCUT2D eigenvalue weighted by Gasteiger charge is -2.61. The molecule has 9 atom stereocenters. The van der Waals surface area contributed by atoms with Gasteiger partial charge in [0.05, 0.1) is 0 Å². The van der Waals surface area contributed by atoms with E-state index < -0.39 is 5.60 Å². The topological polar surface area (TPSA) is 75.1 Å². The molecule has 0 aromatic heterocycles. The maximum absolute atomic E-state index is 12.3. The predicted octanol–water partition coefficient (Wildman–Crippen LogP) is 8.08. The molecule has 0 aromatic rings. The summed E-state index contributed by atoms with van der Waals surface area (Å²) in [6, 6.07) is 0.222. The van der Waals surface area contributed by atoms with E-state index in [0.717, 1.165) is 48.9 Å². The Morgan fingerprint density at radius 2 is 1.76 bits per heavy atom. The van der Waals surface area contributed by atoms with Crippen LogP contribution in [0.3, 0.4) is 0 Å². The molecule has 0 aliphatic heterocycles. The third kappa shape index (κ3) is 4.68. The van der Waals surface area contributed by atoms with Gasteiger partial charge in [-0.05, 0) is 137 Å². The molecule has 5 nitrogen and oxygen atoms in total. The van der Waals surface area contributed by atoms with Crippen LogP contribution in [0.25, 0.3) is 10.4 Å². The summed E-state index contributed by atoms with van der Waals surface area (Å²) in [6.45, 7) is 13.4. The van der Waals surface area contributed by atoms with Crippen LogP contribution in [0.2, 0.25) is 0 Å². The quantitative estimate of drug-likeness (QED) is 0.181. The average molecular weight is 458 g/mol. The van der Waals surface area contributed by atoms with Crippen LogP contribution < -0.4 is 0 Å². The Bertz CT molecular complexity index is 785. The van der Waals surface area contributed by atoms with Gasteiger partial charge in [0.1, 0.15) is 5.60 Å². The summed E-state index contributed by atoms with van der Waals surface area (Å²) in [6.07, 6.45) is 13.0. The molecular weight excluding hydrogens is 410 g/mol. The van der Waals surface area contributed by atoms with Gasteiger partial charge in [-0.2, -0.15) is 0 Å². The Morgan fingerprint density at radius 3 is 2.45 bits per heavy atom. The van der Waals surface area contributed by atoms with Crippen LogP contribution in [-0.4, -0.2) is 17.6 Å². The third-order valence-electron chi connectivity index (χ3n) is 10.8. The zero-order valence-corrected chi connectivity index (χ0v) is 22.0. The van der Waals surface area contributed by atoms with E-state index in [-0.39, 0.29) is 12.0 Å².